The number of piperidine rings is 1. The number of nitrogens with one attached hydrogen (secondary N) is 1. The van der Waals surface area contributed by atoms with Gasteiger partial charge >= 0.3 is 0 Å². The van der Waals surface area contributed by atoms with Crippen molar-refractivity contribution in [1.29, 1.82) is 0 Å². The van der Waals surface area contributed by atoms with Crippen LogP contribution < -0.4 is 10.1 Å². The summed E-state index contributed by atoms with van der Waals surface area (Å²) in [6, 6.07) is 3.75. The first-order valence-corrected chi connectivity index (χ1v) is 6.75. The lowest BCUT2D eigenvalue weighted by molar-refractivity contribution is 0.379. The minimum atomic E-state index is -0.276. The highest BCUT2D eigenvalue weighted by atomic mass is 79.9. The van der Waals surface area contributed by atoms with Crippen LogP contribution in [0.4, 0.5) is 4.39 Å². The van der Waals surface area contributed by atoms with Gasteiger partial charge in [-0.2, -0.15) is 0 Å². The first-order valence-electron chi connectivity index (χ1n) is 5.96. The molecule has 1 fully saturated rings. The highest BCUT2D eigenvalue weighted by Gasteiger charge is 2.16. The van der Waals surface area contributed by atoms with Crippen LogP contribution in [-0.4, -0.2) is 19.7 Å². The molecular weight excluding hydrogens is 285 g/mol. The molecule has 1 unspecified atom stereocenters. The summed E-state index contributed by atoms with van der Waals surface area (Å²) in [5, 5.41) is 3.49. The third kappa shape index (κ3) is 3.19. The molecule has 0 amide bonds. The highest BCUT2D eigenvalue weighted by Crippen LogP contribution is 2.28. The van der Waals surface area contributed by atoms with E-state index < -0.39 is 0 Å². The van der Waals surface area contributed by atoms with Crippen molar-refractivity contribution in [3.63, 3.8) is 0 Å². The Labute approximate surface area is 110 Å². The molecule has 17 heavy (non-hydrogen) atoms. The van der Waals surface area contributed by atoms with Crippen molar-refractivity contribution in [2.45, 2.75) is 31.7 Å². The number of rotatable bonds is 3. The Morgan fingerprint density at radius 3 is 2.94 bits per heavy atom. The normalized spacial score (nSPS) is 20.3. The van der Waals surface area contributed by atoms with Crippen LogP contribution in [0.25, 0.3) is 0 Å². The fraction of sp³-hybridized carbons (Fsp3) is 0.538. The highest BCUT2D eigenvalue weighted by molar-refractivity contribution is 9.10. The molecule has 1 N–H and O–H groups in total. The van der Waals surface area contributed by atoms with Crippen molar-refractivity contribution in [3.8, 4) is 5.75 Å². The molecule has 1 aliphatic heterocycles. The summed E-state index contributed by atoms with van der Waals surface area (Å²) < 4.78 is 19.1. The van der Waals surface area contributed by atoms with E-state index in [1.165, 1.54) is 25.3 Å². The van der Waals surface area contributed by atoms with Gasteiger partial charge in [-0.1, -0.05) is 6.42 Å². The summed E-state index contributed by atoms with van der Waals surface area (Å²) in [4.78, 5) is 0. The van der Waals surface area contributed by atoms with E-state index in [9.17, 15) is 4.39 Å². The summed E-state index contributed by atoms with van der Waals surface area (Å²) in [6.07, 6.45) is 4.59. The van der Waals surface area contributed by atoms with Crippen LogP contribution in [0.3, 0.4) is 0 Å². The lowest BCUT2D eigenvalue weighted by Crippen LogP contribution is -2.35. The van der Waals surface area contributed by atoms with Gasteiger partial charge in [0, 0.05) is 12.1 Å². The molecule has 1 aliphatic rings. The molecule has 0 radical (unpaired) electrons. The Hall–Kier alpha value is -0.610. The Kier molecular flexibility index (Phi) is 4.40. The largest absolute Gasteiger partial charge is 0.496 e. The van der Waals surface area contributed by atoms with E-state index in [0.717, 1.165) is 18.5 Å². The molecule has 1 saturated heterocycles. The van der Waals surface area contributed by atoms with E-state index in [2.05, 4.69) is 21.2 Å². The van der Waals surface area contributed by atoms with Gasteiger partial charge in [-0.25, -0.2) is 4.39 Å². The third-order valence-corrected chi connectivity index (χ3v) is 3.81. The molecule has 0 spiro atoms. The van der Waals surface area contributed by atoms with E-state index in [-0.39, 0.29) is 5.82 Å². The number of benzene rings is 1. The summed E-state index contributed by atoms with van der Waals surface area (Å²) >= 11 is 3.22. The Bertz CT molecular complexity index is 391. The predicted molar refractivity (Wildman–Crippen MR) is 70.0 cm³/mol. The smallest absolute Gasteiger partial charge is 0.141 e. The van der Waals surface area contributed by atoms with Gasteiger partial charge < -0.3 is 10.1 Å². The summed E-state index contributed by atoms with van der Waals surface area (Å²) in [5.41, 5.74) is 1.06. The van der Waals surface area contributed by atoms with Crippen molar-refractivity contribution < 1.29 is 9.13 Å². The van der Waals surface area contributed by atoms with Gasteiger partial charge in [-0.05, 0) is 53.4 Å². The SMILES string of the molecule is COc1cc(F)c(Br)cc1CC1CCCCN1. The summed E-state index contributed by atoms with van der Waals surface area (Å²) in [6.45, 7) is 1.08. The maximum atomic E-state index is 13.4. The van der Waals surface area contributed by atoms with Gasteiger partial charge in [0.15, 0.2) is 0 Å². The molecule has 0 aliphatic carbocycles. The lowest BCUT2D eigenvalue weighted by Gasteiger charge is -2.24. The van der Waals surface area contributed by atoms with Crippen molar-refractivity contribution >= 4 is 15.9 Å². The monoisotopic (exact) mass is 301 g/mol. The van der Waals surface area contributed by atoms with Crippen LogP contribution in [-0.2, 0) is 6.42 Å². The molecule has 1 atom stereocenters. The van der Waals surface area contributed by atoms with Gasteiger partial charge in [0.1, 0.15) is 11.6 Å². The zero-order chi connectivity index (χ0) is 12.3. The maximum Gasteiger partial charge on any atom is 0.141 e. The Balaban J connectivity index is 2.15. The van der Waals surface area contributed by atoms with Crippen LogP contribution in [0.2, 0.25) is 0 Å². The standard InChI is InChI=1S/C13H17BrFNO/c1-17-13-8-12(15)11(14)7-9(13)6-10-4-2-3-5-16-10/h7-8,10,16H,2-6H2,1H3. The molecule has 1 aromatic carbocycles. The number of hydrogen-bond donors (Lipinski definition) is 1. The van der Waals surface area contributed by atoms with Crippen LogP contribution in [0, 0.1) is 5.82 Å². The minimum absolute atomic E-state index is 0.276. The minimum Gasteiger partial charge on any atom is -0.496 e. The molecular formula is C13H17BrFNO. The fourth-order valence-electron chi connectivity index (χ4n) is 2.28. The quantitative estimate of drug-likeness (QED) is 0.925. The van der Waals surface area contributed by atoms with Crippen molar-refractivity contribution in [3.05, 3.63) is 28.0 Å². The first-order chi connectivity index (χ1) is 8.20. The molecule has 94 valence electrons. The Morgan fingerprint density at radius 1 is 1.47 bits per heavy atom. The molecule has 0 bridgehead atoms. The second-order valence-corrected chi connectivity index (χ2v) is 5.28. The molecule has 0 saturated carbocycles. The van der Waals surface area contributed by atoms with Gasteiger partial charge in [0.25, 0.3) is 0 Å². The van der Waals surface area contributed by atoms with Crippen molar-refractivity contribution in [1.82, 2.24) is 5.32 Å². The van der Waals surface area contributed by atoms with Gasteiger partial charge in [-0.3, -0.25) is 0 Å². The van der Waals surface area contributed by atoms with Gasteiger partial charge in [-0.15, -0.1) is 0 Å². The predicted octanol–water partition coefficient (Wildman–Crippen LogP) is 3.28. The van der Waals surface area contributed by atoms with E-state index >= 15 is 0 Å². The van der Waals surface area contributed by atoms with E-state index in [0.29, 0.717) is 16.3 Å². The summed E-state index contributed by atoms with van der Waals surface area (Å²) in [7, 11) is 1.58. The maximum absolute atomic E-state index is 13.4. The molecule has 1 aromatic rings. The molecule has 2 rings (SSSR count). The molecule has 1 heterocycles. The third-order valence-electron chi connectivity index (χ3n) is 3.20. The lowest BCUT2D eigenvalue weighted by atomic mass is 9.97. The average molecular weight is 302 g/mol. The van der Waals surface area contributed by atoms with E-state index in [1.807, 2.05) is 6.07 Å². The molecule has 0 aromatic heterocycles. The van der Waals surface area contributed by atoms with Crippen LogP contribution >= 0.6 is 15.9 Å². The van der Waals surface area contributed by atoms with Crippen LogP contribution in [0.1, 0.15) is 24.8 Å². The second-order valence-electron chi connectivity index (χ2n) is 4.43. The number of hydrogen-bond acceptors (Lipinski definition) is 2. The van der Waals surface area contributed by atoms with Crippen molar-refractivity contribution in [2.75, 3.05) is 13.7 Å². The number of ether oxygens (including phenoxy) is 1. The molecule has 4 heteroatoms. The zero-order valence-corrected chi connectivity index (χ0v) is 11.5. The van der Waals surface area contributed by atoms with Crippen molar-refractivity contribution in [2.24, 2.45) is 0 Å². The van der Waals surface area contributed by atoms with Crippen LogP contribution in [0.15, 0.2) is 16.6 Å². The topological polar surface area (TPSA) is 21.3 Å². The van der Waals surface area contributed by atoms with E-state index in [1.54, 1.807) is 7.11 Å². The number of halogens is 2. The first kappa shape index (κ1) is 12.8. The summed E-state index contributed by atoms with van der Waals surface area (Å²) in [5.74, 6) is 0.361. The number of methoxy groups -OCH3 is 1. The van der Waals surface area contributed by atoms with Gasteiger partial charge in [0.2, 0.25) is 0 Å². The van der Waals surface area contributed by atoms with Crippen LogP contribution in [0.5, 0.6) is 5.75 Å². The zero-order valence-electron chi connectivity index (χ0n) is 9.93. The Morgan fingerprint density at radius 2 is 2.29 bits per heavy atom. The second kappa shape index (κ2) is 5.83. The van der Waals surface area contributed by atoms with E-state index in [4.69, 9.17) is 4.74 Å². The van der Waals surface area contributed by atoms with Gasteiger partial charge in [0.05, 0.1) is 11.6 Å². The fourth-order valence-corrected chi connectivity index (χ4v) is 2.67. The average Bonchev–Trinajstić information content (AvgIpc) is 2.35. The molecule has 2 nitrogen and oxygen atoms in total.